The van der Waals surface area contributed by atoms with Crippen LogP contribution in [-0.2, 0) is 9.53 Å². The Balaban J connectivity index is 3.28. The lowest BCUT2D eigenvalue weighted by Gasteiger charge is -2.12. The minimum atomic E-state index is -0.323. The summed E-state index contributed by atoms with van der Waals surface area (Å²) in [6.45, 7) is 4.10. The molecular weight excluding hydrogens is 312 g/mol. The normalized spacial score (nSPS) is 12.6. The van der Waals surface area contributed by atoms with Gasteiger partial charge in [0.25, 0.3) is 0 Å². The summed E-state index contributed by atoms with van der Waals surface area (Å²) in [7, 11) is 0. The first kappa shape index (κ1) is 24.2. The molecule has 1 unspecified atom stereocenters. The lowest BCUT2D eigenvalue weighted by atomic mass is 10.1. The van der Waals surface area contributed by atoms with E-state index in [1.807, 2.05) is 6.92 Å². The van der Waals surface area contributed by atoms with Crippen LogP contribution in [-0.4, -0.2) is 23.8 Å². The molecule has 1 N–H and O–H groups in total. The van der Waals surface area contributed by atoms with Gasteiger partial charge in [0.05, 0.1) is 6.61 Å². The highest BCUT2D eigenvalue weighted by molar-refractivity contribution is 5.69. The van der Waals surface area contributed by atoms with Crippen molar-refractivity contribution in [3.05, 3.63) is 12.2 Å². The standard InChI is InChI=1S/C22H42O3/c1-3-5-6-7-8-9-10-11-12-13-14-15-16-17-18-19-22(24)25-21(4-2)20-23/h11-12,21,23H,3-10,13-20H2,1-2H3/b12-11-. The number of ether oxygens (including phenoxy) is 1. The predicted octanol–water partition coefficient (Wildman–Crippen LogP) is 6.34. The first-order valence-corrected chi connectivity index (χ1v) is 10.7. The van der Waals surface area contributed by atoms with E-state index in [1.54, 1.807) is 0 Å². The van der Waals surface area contributed by atoms with Gasteiger partial charge in [-0.05, 0) is 38.5 Å². The number of hydrogen-bond acceptors (Lipinski definition) is 3. The zero-order chi connectivity index (χ0) is 18.6. The van der Waals surface area contributed by atoms with Crippen LogP contribution in [0.25, 0.3) is 0 Å². The maximum Gasteiger partial charge on any atom is 0.306 e. The number of aliphatic hydroxyl groups excluding tert-OH is 1. The number of esters is 1. The first-order chi connectivity index (χ1) is 12.2. The van der Waals surface area contributed by atoms with Gasteiger partial charge in [-0.25, -0.2) is 0 Å². The van der Waals surface area contributed by atoms with Gasteiger partial charge in [-0.1, -0.05) is 77.4 Å². The highest BCUT2D eigenvalue weighted by atomic mass is 16.5. The minimum absolute atomic E-state index is 0.0748. The van der Waals surface area contributed by atoms with Crippen LogP contribution in [0.1, 0.15) is 110 Å². The van der Waals surface area contributed by atoms with E-state index < -0.39 is 0 Å². The van der Waals surface area contributed by atoms with Gasteiger partial charge >= 0.3 is 5.97 Å². The van der Waals surface area contributed by atoms with Crippen molar-refractivity contribution in [3.8, 4) is 0 Å². The van der Waals surface area contributed by atoms with Gasteiger partial charge in [-0.15, -0.1) is 0 Å². The number of carbonyl (C=O) groups excluding carboxylic acids is 1. The molecule has 3 nitrogen and oxygen atoms in total. The lowest BCUT2D eigenvalue weighted by Crippen LogP contribution is -2.20. The van der Waals surface area contributed by atoms with E-state index in [9.17, 15) is 4.79 Å². The molecule has 0 aliphatic heterocycles. The van der Waals surface area contributed by atoms with Gasteiger partial charge in [-0.3, -0.25) is 4.79 Å². The van der Waals surface area contributed by atoms with E-state index in [1.165, 1.54) is 70.6 Å². The summed E-state index contributed by atoms with van der Waals surface area (Å²) in [6, 6.07) is 0. The van der Waals surface area contributed by atoms with Crippen LogP contribution in [0.2, 0.25) is 0 Å². The Hall–Kier alpha value is -0.830. The zero-order valence-electron chi connectivity index (χ0n) is 16.8. The Bertz CT molecular complexity index is 308. The van der Waals surface area contributed by atoms with Crippen LogP contribution in [0.5, 0.6) is 0 Å². The summed E-state index contributed by atoms with van der Waals surface area (Å²) in [6.07, 6.45) is 21.8. The molecule has 0 aliphatic rings. The van der Waals surface area contributed by atoms with E-state index in [2.05, 4.69) is 19.1 Å². The fourth-order valence-corrected chi connectivity index (χ4v) is 2.83. The van der Waals surface area contributed by atoms with Crippen LogP contribution in [0, 0.1) is 0 Å². The Morgan fingerprint density at radius 1 is 0.840 bits per heavy atom. The molecule has 0 aromatic rings. The monoisotopic (exact) mass is 354 g/mol. The molecule has 0 fully saturated rings. The van der Waals surface area contributed by atoms with Gasteiger partial charge in [-0.2, -0.15) is 0 Å². The zero-order valence-corrected chi connectivity index (χ0v) is 16.8. The van der Waals surface area contributed by atoms with E-state index in [0.717, 1.165) is 12.8 Å². The van der Waals surface area contributed by atoms with Crippen molar-refractivity contribution in [2.24, 2.45) is 0 Å². The lowest BCUT2D eigenvalue weighted by molar-refractivity contribution is -0.151. The van der Waals surface area contributed by atoms with Crippen molar-refractivity contribution < 1.29 is 14.6 Å². The highest BCUT2D eigenvalue weighted by Crippen LogP contribution is 2.10. The molecule has 0 heterocycles. The molecule has 0 saturated carbocycles. The molecule has 0 spiro atoms. The number of rotatable bonds is 18. The Morgan fingerprint density at radius 2 is 1.36 bits per heavy atom. The van der Waals surface area contributed by atoms with E-state index in [0.29, 0.717) is 12.8 Å². The van der Waals surface area contributed by atoms with Crippen LogP contribution in [0.4, 0.5) is 0 Å². The van der Waals surface area contributed by atoms with Crippen LogP contribution in [0.15, 0.2) is 12.2 Å². The summed E-state index contributed by atoms with van der Waals surface area (Å²) in [5.41, 5.74) is 0. The maximum atomic E-state index is 11.6. The largest absolute Gasteiger partial charge is 0.460 e. The average molecular weight is 355 g/mol. The SMILES string of the molecule is CCCCCCCC/C=C\CCCCCCCC(=O)OC(CC)CO. The molecule has 0 rings (SSSR count). The van der Waals surface area contributed by atoms with Gasteiger partial charge in [0.2, 0.25) is 0 Å². The third kappa shape index (κ3) is 17.8. The third-order valence-electron chi connectivity index (χ3n) is 4.60. The van der Waals surface area contributed by atoms with Crippen molar-refractivity contribution in [2.75, 3.05) is 6.61 Å². The quantitative estimate of drug-likeness (QED) is 0.177. The molecule has 148 valence electrons. The Morgan fingerprint density at radius 3 is 1.88 bits per heavy atom. The fourth-order valence-electron chi connectivity index (χ4n) is 2.83. The number of aliphatic hydroxyl groups is 1. The minimum Gasteiger partial charge on any atom is -0.460 e. The molecule has 0 aliphatic carbocycles. The van der Waals surface area contributed by atoms with Crippen molar-refractivity contribution in [2.45, 2.75) is 116 Å². The summed E-state index contributed by atoms with van der Waals surface area (Å²) in [5, 5.41) is 9.00. The molecular formula is C22H42O3. The van der Waals surface area contributed by atoms with Gasteiger partial charge < -0.3 is 9.84 Å². The van der Waals surface area contributed by atoms with Gasteiger partial charge in [0.15, 0.2) is 0 Å². The van der Waals surface area contributed by atoms with Crippen molar-refractivity contribution >= 4 is 5.97 Å². The highest BCUT2D eigenvalue weighted by Gasteiger charge is 2.10. The molecule has 3 heteroatoms. The summed E-state index contributed by atoms with van der Waals surface area (Å²) in [4.78, 5) is 11.6. The fraction of sp³-hybridized carbons (Fsp3) is 0.864. The summed E-state index contributed by atoms with van der Waals surface area (Å²) < 4.78 is 5.17. The molecule has 0 bridgehead atoms. The average Bonchev–Trinajstić information content (AvgIpc) is 2.62. The number of hydrogen-bond donors (Lipinski definition) is 1. The molecule has 0 saturated heterocycles. The van der Waals surface area contributed by atoms with Crippen LogP contribution < -0.4 is 0 Å². The number of unbranched alkanes of at least 4 members (excludes halogenated alkanes) is 11. The summed E-state index contributed by atoms with van der Waals surface area (Å²) >= 11 is 0. The molecule has 1 atom stereocenters. The smallest absolute Gasteiger partial charge is 0.306 e. The van der Waals surface area contributed by atoms with E-state index in [-0.39, 0.29) is 18.7 Å². The van der Waals surface area contributed by atoms with Crippen molar-refractivity contribution in [1.29, 1.82) is 0 Å². The van der Waals surface area contributed by atoms with Crippen molar-refractivity contribution in [3.63, 3.8) is 0 Å². The second-order valence-electron chi connectivity index (χ2n) is 7.04. The molecule has 0 amide bonds. The van der Waals surface area contributed by atoms with E-state index in [4.69, 9.17) is 9.84 Å². The Kier molecular flexibility index (Phi) is 18.8. The molecule has 0 radical (unpaired) electrons. The molecule has 0 aromatic heterocycles. The molecule has 0 aromatic carbocycles. The van der Waals surface area contributed by atoms with Gasteiger partial charge in [0, 0.05) is 6.42 Å². The molecule has 25 heavy (non-hydrogen) atoms. The second-order valence-corrected chi connectivity index (χ2v) is 7.04. The number of allylic oxidation sites excluding steroid dienone is 2. The van der Waals surface area contributed by atoms with Gasteiger partial charge in [0.1, 0.15) is 6.10 Å². The maximum absolute atomic E-state index is 11.6. The topological polar surface area (TPSA) is 46.5 Å². The Labute approximate surface area is 156 Å². The van der Waals surface area contributed by atoms with Crippen molar-refractivity contribution in [1.82, 2.24) is 0 Å². The van der Waals surface area contributed by atoms with E-state index >= 15 is 0 Å². The number of carbonyl (C=O) groups is 1. The van der Waals surface area contributed by atoms with Crippen LogP contribution in [0.3, 0.4) is 0 Å². The first-order valence-electron chi connectivity index (χ1n) is 10.7. The second kappa shape index (κ2) is 19.5. The summed E-state index contributed by atoms with van der Waals surface area (Å²) in [5.74, 6) is -0.168. The predicted molar refractivity (Wildman–Crippen MR) is 107 cm³/mol. The van der Waals surface area contributed by atoms with Crippen LogP contribution >= 0.6 is 0 Å². The third-order valence-corrected chi connectivity index (χ3v) is 4.60.